The second kappa shape index (κ2) is 5.92. The molecule has 0 aliphatic carbocycles. The Bertz CT molecular complexity index is 477. The quantitative estimate of drug-likeness (QED) is 0.895. The molecule has 1 heterocycles. The zero-order valence-corrected chi connectivity index (χ0v) is 12.8. The Hall–Kier alpha value is -1.07. The van der Waals surface area contributed by atoms with Gasteiger partial charge in [0.1, 0.15) is 6.04 Å². The first kappa shape index (κ1) is 14.3. The molecule has 0 radical (unpaired) electrons. The maximum absolute atomic E-state index is 11.9. The molecule has 19 heavy (non-hydrogen) atoms. The molecule has 1 aliphatic rings. The van der Waals surface area contributed by atoms with E-state index in [1.807, 2.05) is 25.1 Å². The number of nitrogens with one attached hydrogen (secondary N) is 1. The third-order valence-corrected chi connectivity index (χ3v) is 4.17. The Morgan fingerprint density at radius 1 is 1.58 bits per heavy atom. The summed E-state index contributed by atoms with van der Waals surface area (Å²) in [4.78, 5) is 14.0. The van der Waals surface area contributed by atoms with E-state index in [1.54, 1.807) is 6.92 Å². The molecule has 1 aliphatic heterocycles. The average molecular weight is 327 g/mol. The van der Waals surface area contributed by atoms with Gasteiger partial charge in [0.15, 0.2) is 0 Å². The normalized spacial score (nSPS) is 21.2. The molecule has 5 heteroatoms. The zero-order chi connectivity index (χ0) is 14.0. The largest absolute Gasteiger partial charge is 0.389 e. The van der Waals surface area contributed by atoms with Crippen molar-refractivity contribution in [1.29, 1.82) is 0 Å². The fourth-order valence-electron chi connectivity index (χ4n) is 2.46. The molecule has 0 aromatic heterocycles. The molecule has 0 bridgehead atoms. The van der Waals surface area contributed by atoms with Crippen molar-refractivity contribution < 1.29 is 9.90 Å². The maximum Gasteiger partial charge on any atom is 0.242 e. The van der Waals surface area contributed by atoms with E-state index in [1.165, 1.54) is 0 Å². The summed E-state index contributed by atoms with van der Waals surface area (Å²) in [6.07, 6.45) is 0.275. The predicted octanol–water partition coefficient (Wildman–Crippen LogP) is 2.22. The van der Waals surface area contributed by atoms with Crippen molar-refractivity contribution in [2.24, 2.45) is 0 Å². The number of aliphatic hydroxyl groups excluding tert-OH is 1. The van der Waals surface area contributed by atoms with Crippen LogP contribution in [0.4, 0.5) is 5.69 Å². The highest BCUT2D eigenvalue weighted by atomic mass is 79.9. The fraction of sp³-hybridized carbons (Fsp3) is 0.500. The number of carbonyl (C=O) groups excluding carboxylic acids is 1. The lowest BCUT2D eigenvalue weighted by Gasteiger charge is -2.36. The smallest absolute Gasteiger partial charge is 0.242 e. The summed E-state index contributed by atoms with van der Waals surface area (Å²) in [5.41, 5.74) is 1.87. The second-order valence-electron chi connectivity index (χ2n) is 4.79. The summed E-state index contributed by atoms with van der Waals surface area (Å²) in [7, 11) is 0. The molecule has 2 rings (SSSR count). The summed E-state index contributed by atoms with van der Waals surface area (Å²) in [6.45, 7) is 5.24. The average Bonchev–Trinajstić information content (AvgIpc) is 2.37. The molecular weight excluding hydrogens is 308 g/mol. The number of aliphatic hydroxyl groups is 1. The standard InChI is InChI=1S/C14H19BrN2O2/c1-3-13-14(19)16-6-7-17(13)10-4-5-11(9(2)18)12(15)8-10/h4-5,8-9,13,18H,3,6-7H2,1-2H3,(H,16,19). The van der Waals surface area contributed by atoms with Crippen molar-refractivity contribution in [3.63, 3.8) is 0 Å². The van der Waals surface area contributed by atoms with Crippen LogP contribution in [0.1, 0.15) is 31.9 Å². The van der Waals surface area contributed by atoms with E-state index in [0.29, 0.717) is 6.54 Å². The summed E-state index contributed by atoms with van der Waals surface area (Å²) >= 11 is 3.48. The predicted molar refractivity (Wildman–Crippen MR) is 79.2 cm³/mol. The molecule has 1 amide bonds. The Balaban J connectivity index is 2.30. The van der Waals surface area contributed by atoms with E-state index in [9.17, 15) is 9.90 Å². The van der Waals surface area contributed by atoms with Gasteiger partial charge >= 0.3 is 0 Å². The molecule has 0 spiro atoms. The number of hydrogen-bond donors (Lipinski definition) is 2. The van der Waals surface area contributed by atoms with E-state index < -0.39 is 6.10 Å². The molecule has 104 valence electrons. The van der Waals surface area contributed by atoms with Gasteiger partial charge in [0.25, 0.3) is 0 Å². The number of hydrogen-bond acceptors (Lipinski definition) is 3. The van der Waals surface area contributed by atoms with E-state index in [-0.39, 0.29) is 11.9 Å². The first-order valence-electron chi connectivity index (χ1n) is 6.56. The van der Waals surface area contributed by atoms with Crippen LogP contribution in [-0.2, 0) is 4.79 Å². The Morgan fingerprint density at radius 3 is 2.89 bits per heavy atom. The highest BCUT2D eigenvalue weighted by Gasteiger charge is 2.28. The zero-order valence-electron chi connectivity index (χ0n) is 11.2. The van der Waals surface area contributed by atoms with Gasteiger partial charge in [0.2, 0.25) is 5.91 Å². The number of carbonyl (C=O) groups is 1. The van der Waals surface area contributed by atoms with Crippen molar-refractivity contribution in [3.05, 3.63) is 28.2 Å². The first-order valence-corrected chi connectivity index (χ1v) is 7.35. The lowest BCUT2D eigenvalue weighted by atomic mass is 10.1. The van der Waals surface area contributed by atoms with E-state index >= 15 is 0 Å². The van der Waals surface area contributed by atoms with Gasteiger partial charge in [0, 0.05) is 23.2 Å². The summed E-state index contributed by atoms with van der Waals surface area (Å²) in [5.74, 6) is 0.0875. The van der Waals surface area contributed by atoms with Crippen LogP contribution in [0.5, 0.6) is 0 Å². The number of amides is 1. The first-order chi connectivity index (χ1) is 9.04. The lowest BCUT2D eigenvalue weighted by molar-refractivity contribution is -0.123. The minimum Gasteiger partial charge on any atom is -0.389 e. The van der Waals surface area contributed by atoms with Crippen LogP contribution < -0.4 is 10.2 Å². The second-order valence-corrected chi connectivity index (χ2v) is 5.64. The highest BCUT2D eigenvalue weighted by Crippen LogP contribution is 2.30. The monoisotopic (exact) mass is 326 g/mol. The van der Waals surface area contributed by atoms with Crippen LogP contribution in [-0.4, -0.2) is 30.1 Å². The van der Waals surface area contributed by atoms with Gasteiger partial charge < -0.3 is 15.3 Å². The summed E-state index contributed by atoms with van der Waals surface area (Å²) < 4.78 is 0.876. The third-order valence-electron chi connectivity index (χ3n) is 3.48. The van der Waals surface area contributed by atoms with Crippen LogP contribution in [0, 0.1) is 0 Å². The highest BCUT2D eigenvalue weighted by molar-refractivity contribution is 9.10. The molecular formula is C14H19BrN2O2. The fourth-order valence-corrected chi connectivity index (χ4v) is 3.16. The maximum atomic E-state index is 11.9. The molecule has 4 nitrogen and oxygen atoms in total. The molecule has 2 atom stereocenters. The minimum absolute atomic E-state index is 0.0875. The molecule has 1 fully saturated rings. The number of halogens is 1. The number of anilines is 1. The van der Waals surface area contributed by atoms with Crippen LogP contribution in [0.25, 0.3) is 0 Å². The number of nitrogens with zero attached hydrogens (tertiary/aromatic N) is 1. The van der Waals surface area contributed by atoms with Gasteiger partial charge in [-0.2, -0.15) is 0 Å². The summed E-state index contributed by atoms with van der Waals surface area (Å²) in [6, 6.07) is 5.74. The van der Waals surface area contributed by atoms with E-state index in [2.05, 4.69) is 26.1 Å². The Kier molecular flexibility index (Phi) is 4.47. The molecule has 0 saturated carbocycles. The Morgan fingerprint density at radius 2 is 2.32 bits per heavy atom. The van der Waals surface area contributed by atoms with Crippen LogP contribution in [0.3, 0.4) is 0 Å². The van der Waals surface area contributed by atoms with Crippen LogP contribution in [0.2, 0.25) is 0 Å². The SMILES string of the molecule is CCC1C(=O)NCCN1c1ccc(C(C)O)c(Br)c1. The van der Waals surface area contributed by atoms with Gasteiger partial charge in [-0.05, 0) is 31.0 Å². The van der Waals surface area contributed by atoms with Gasteiger partial charge in [-0.25, -0.2) is 0 Å². The van der Waals surface area contributed by atoms with Gasteiger partial charge in [0.05, 0.1) is 6.10 Å². The van der Waals surface area contributed by atoms with Crippen molar-refractivity contribution in [3.8, 4) is 0 Å². The topological polar surface area (TPSA) is 52.6 Å². The van der Waals surface area contributed by atoms with Crippen LogP contribution >= 0.6 is 15.9 Å². The lowest BCUT2D eigenvalue weighted by Crippen LogP contribution is -2.55. The van der Waals surface area contributed by atoms with Gasteiger partial charge in [-0.15, -0.1) is 0 Å². The van der Waals surface area contributed by atoms with Crippen LogP contribution in [0.15, 0.2) is 22.7 Å². The van der Waals surface area contributed by atoms with E-state index in [4.69, 9.17) is 0 Å². The summed E-state index contributed by atoms with van der Waals surface area (Å²) in [5, 5.41) is 12.5. The minimum atomic E-state index is -0.505. The molecule has 1 aromatic carbocycles. The van der Waals surface area contributed by atoms with Gasteiger partial charge in [-0.1, -0.05) is 28.9 Å². The molecule has 2 unspecified atom stereocenters. The third kappa shape index (κ3) is 2.92. The van der Waals surface area contributed by atoms with Crippen molar-refractivity contribution >= 4 is 27.5 Å². The molecule has 1 aromatic rings. The number of rotatable bonds is 3. The number of benzene rings is 1. The molecule has 1 saturated heterocycles. The Labute approximate surface area is 121 Å². The van der Waals surface area contributed by atoms with Crippen molar-refractivity contribution in [1.82, 2.24) is 5.32 Å². The van der Waals surface area contributed by atoms with Crippen molar-refractivity contribution in [2.75, 3.05) is 18.0 Å². The van der Waals surface area contributed by atoms with Crippen molar-refractivity contribution in [2.45, 2.75) is 32.4 Å². The van der Waals surface area contributed by atoms with Gasteiger partial charge in [-0.3, -0.25) is 4.79 Å². The van der Waals surface area contributed by atoms with E-state index in [0.717, 1.165) is 28.7 Å². The number of piperazine rings is 1. The molecule has 2 N–H and O–H groups in total.